The van der Waals surface area contributed by atoms with Crippen LogP contribution in [0.4, 0.5) is 0 Å². The topological polar surface area (TPSA) is 100 Å². The number of hydrogen-bond acceptors (Lipinski definition) is 7. The van der Waals surface area contributed by atoms with Gasteiger partial charge in [-0.25, -0.2) is 5.43 Å². The van der Waals surface area contributed by atoms with Crippen LogP contribution in [0.2, 0.25) is 0 Å². The van der Waals surface area contributed by atoms with Crippen molar-refractivity contribution < 1.29 is 23.4 Å². The average molecular weight is 384 g/mol. The number of amides is 1. The minimum absolute atomic E-state index is 0.151. The molecule has 0 aliphatic carbocycles. The Morgan fingerprint density at radius 2 is 2.00 bits per heavy atom. The molecule has 9 nitrogen and oxygen atoms in total. The van der Waals surface area contributed by atoms with Crippen molar-refractivity contribution in [1.82, 2.24) is 15.2 Å². The number of ether oxygens (including phenoxy) is 3. The number of nitrogens with zero attached hydrogens (tertiary/aromatic N) is 3. The van der Waals surface area contributed by atoms with E-state index in [9.17, 15) is 4.79 Å². The van der Waals surface area contributed by atoms with Gasteiger partial charge in [0.2, 0.25) is 5.75 Å². The van der Waals surface area contributed by atoms with E-state index in [1.54, 1.807) is 35.1 Å². The molecule has 0 fully saturated rings. The van der Waals surface area contributed by atoms with Crippen LogP contribution in [0, 0.1) is 0 Å². The van der Waals surface area contributed by atoms with Crippen molar-refractivity contribution in [2.24, 2.45) is 5.10 Å². The molecule has 1 N–H and O–H groups in total. The molecule has 1 amide bonds. The van der Waals surface area contributed by atoms with Crippen LogP contribution in [-0.2, 0) is 6.54 Å². The molecule has 0 unspecified atom stereocenters. The fraction of sp³-hybridized carbons (Fsp3) is 0.211. The lowest BCUT2D eigenvalue weighted by Crippen LogP contribution is -2.17. The Balaban J connectivity index is 1.68. The smallest absolute Gasteiger partial charge is 0.307 e. The summed E-state index contributed by atoms with van der Waals surface area (Å²) in [6.07, 6.45) is 4.93. The molecular formula is C19H20N4O5. The van der Waals surface area contributed by atoms with E-state index >= 15 is 0 Å². The van der Waals surface area contributed by atoms with E-state index in [4.69, 9.17) is 18.6 Å². The van der Waals surface area contributed by atoms with E-state index in [-0.39, 0.29) is 5.76 Å². The van der Waals surface area contributed by atoms with Gasteiger partial charge in [-0.1, -0.05) is 0 Å². The van der Waals surface area contributed by atoms with Crippen LogP contribution in [0.5, 0.6) is 17.2 Å². The summed E-state index contributed by atoms with van der Waals surface area (Å²) in [5.74, 6) is 1.70. The van der Waals surface area contributed by atoms with Gasteiger partial charge in [-0.3, -0.25) is 9.48 Å². The van der Waals surface area contributed by atoms with Crippen molar-refractivity contribution in [1.29, 1.82) is 0 Å². The predicted octanol–water partition coefficient (Wildman–Crippen LogP) is 2.31. The molecule has 0 saturated carbocycles. The molecule has 0 radical (unpaired) electrons. The van der Waals surface area contributed by atoms with Crippen LogP contribution >= 0.6 is 0 Å². The molecule has 146 valence electrons. The van der Waals surface area contributed by atoms with Crippen molar-refractivity contribution in [3.05, 3.63) is 59.8 Å². The summed E-state index contributed by atoms with van der Waals surface area (Å²) in [7, 11) is 4.56. The SMILES string of the molecule is COc1ccc(/C=N/NC(=O)c2ccc(Cn3cccn3)o2)c(OC)c1OC. The van der Waals surface area contributed by atoms with Gasteiger partial charge in [-0.15, -0.1) is 0 Å². The zero-order chi connectivity index (χ0) is 19.9. The maximum absolute atomic E-state index is 12.2. The maximum atomic E-state index is 12.2. The number of rotatable bonds is 8. The summed E-state index contributed by atoms with van der Waals surface area (Å²) in [4.78, 5) is 12.2. The fourth-order valence-corrected chi connectivity index (χ4v) is 2.58. The third-order valence-electron chi connectivity index (χ3n) is 3.87. The predicted molar refractivity (Wildman–Crippen MR) is 101 cm³/mol. The van der Waals surface area contributed by atoms with Gasteiger partial charge in [0.25, 0.3) is 0 Å². The second kappa shape index (κ2) is 8.76. The molecule has 0 aliphatic rings. The number of methoxy groups -OCH3 is 3. The molecular weight excluding hydrogens is 364 g/mol. The second-order valence-corrected chi connectivity index (χ2v) is 5.59. The maximum Gasteiger partial charge on any atom is 0.307 e. The first kappa shape index (κ1) is 19.0. The molecule has 0 saturated heterocycles. The molecule has 9 heteroatoms. The van der Waals surface area contributed by atoms with E-state index in [0.29, 0.717) is 35.1 Å². The van der Waals surface area contributed by atoms with Gasteiger partial charge < -0.3 is 18.6 Å². The van der Waals surface area contributed by atoms with Gasteiger partial charge in [-0.2, -0.15) is 10.2 Å². The highest BCUT2D eigenvalue weighted by Gasteiger charge is 2.15. The lowest BCUT2D eigenvalue weighted by atomic mass is 10.2. The van der Waals surface area contributed by atoms with E-state index in [1.807, 2.05) is 12.3 Å². The fourth-order valence-electron chi connectivity index (χ4n) is 2.58. The molecule has 0 atom stereocenters. The summed E-state index contributed by atoms with van der Waals surface area (Å²) in [5.41, 5.74) is 3.03. The molecule has 3 aromatic rings. The standard InChI is InChI=1S/C19H20N4O5/c1-25-15-7-5-13(17(26-2)18(15)27-3)11-20-22-19(24)16-8-6-14(28-16)12-23-10-4-9-21-23/h4-11H,12H2,1-3H3,(H,22,24)/b20-11+. The van der Waals surface area contributed by atoms with E-state index < -0.39 is 5.91 Å². The second-order valence-electron chi connectivity index (χ2n) is 5.59. The summed E-state index contributed by atoms with van der Waals surface area (Å²) >= 11 is 0. The van der Waals surface area contributed by atoms with Crippen LogP contribution < -0.4 is 19.6 Å². The Bertz CT molecular complexity index is 963. The van der Waals surface area contributed by atoms with Crippen molar-refractivity contribution in [2.45, 2.75) is 6.54 Å². The van der Waals surface area contributed by atoms with Crippen molar-refractivity contribution >= 4 is 12.1 Å². The molecule has 28 heavy (non-hydrogen) atoms. The number of aromatic nitrogens is 2. The van der Waals surface area contributed by atoms with E-state index in [2.05, 4.69) is 15.6 Å². The highest BCUT2D eigenvalue weighted by Crippen LogP contribution is 2.38. The normalized spacial score (nSPS) is 10.8. The average Bonchev–Trinajstić information content (AvgIpc) is 3.39. The third-order valence-corrected chi connectivity index (χ3v) is 3.87. The quantitative estimate of drug-likeness (QED) is 0.473. The van der Waals surface area contributed by atoms with Gasteiger partial charge in [0, 0.05) is 18.0 Å². The number of nitrogens with one attached hydrogen (secondary N) is 1. The van der Waals surface area contributed by atoms with Crippen molar-refractivity contribution in [3.8, 4) is 17.2 Å². The van der Waals surface area contributed by atoms with Crippen LogP contribution in [-0.4, -0.2) is 43.2 Å². The summed E-state index contributed by atoms with van der Waals surface area (Å²) < 4.78 is 23.1. The van der Waals surface area contributed by atoms with Gasteiger partial charge in [0.15, 0.2) is 17.3 Å². The van der Waals surface area contributed by atoms with Crippen molar-refractivity contribution in [2.75, 3.05) is 21.3 Å². The highest BCUT2D eigenvalue weighted by molar-refractivity contribution is 5.93. The molecule has 2 heterocycles. The molecule has 0 spiro atoms. The summed E-state index contributed by atoms with van der Waals surface area (Å²) in [6, 6.07) is 8.58. The minimum Gasteiger partial charge on any atom is -0.493 e. The first-order valence-electron chi connectivity index (χ1n) is 8.34. The number of hydrazone groups is 1. The zero-order valence-electron chi connectivity index (χ0n) is 15.7. The molecule has 0 aliphatic heterocycles. The zero-order valence-corrected chi connectivity index (χ0v) is 15.7. The van der Waals surface area contributed by atoms with Crippen LogP contribution in [0.3, 0.4) is 0 Å². The van der Waals surface area contributed by atoms with Crippen molar-refractivity contribution in [3.63, 3.8) is 0 Å². The summed E-state index contributed by atoms with van der Waals surface area (Å²) in [6.45, 7) is 0.437. The lowest BCUT2D eigenvalue weighted by Gasteiger charge is -2.13. The molecule has 3 rings (SSSR count). The number of furan rings is 1. The van der Waals surface area contributed by atoms with Gasteiger partial charge >= 0.3 is 5.91 Å². The Kier molecular flexibility index (Phi) is 5.95. The van der Waals surface area contributed by atoms with Gasteiger partial charge in [-0.05, 0) is 30.3 Å². The van der Waals surface area contributed by atoms with Gasteiger partial charge in [0.1, 0.15) is 5.76 Å². The monoisotopic (exact) mass is 384 g/mol. The number of benzene rings is 1. The molecule has 0 bridgehead atoms. The highest BCUT2D eigenvalue weighted by atomic mass is 16.5. The first-order valence-corrected chi connectivity index (χ1v) is 8.34. The Hall–Kier alpha value is -3.75. The Morgan fingerprint density at radius 1 is 1.18 bits per heavy atom. The third kappa shape index (κ3) is 4.14. The van der Waals surface area contributed by atoms with E-state index in [0.717, 1.165) is 0 Å². The number of carbonyl (C=O) groups is 1. The lowest BCUT2D eigenvalue weighted by molar-refractivity contribution is 0.0925. The minimum atomic E-state index is -0.470. The number of hydrogen-bond donors (Lipinski definition) is 1. The number of carbonyl (C=O) groups excluding carboxylic acids is 1. The van der Waals surface area contributed by atoms with E-state index in [1.165, 1.54) is 27.5 Å². The Labute approximate surface area is 161 Å². The van der Waals surface area contributed by atoms with Crippen LogP contribution in [0.25, 0.3) is 0 Å². The van der Waals surface area contributed by atoms with Crippen LogP contribution in [0.15, 0.2) is 52.2 Å². The van der Waals surface area contributed by atoms with Crippen LogP contribution in [0.1, 0.15) is 21.9 Å². The summed E-state index contributed by atoms with van der Waals surface area (Å²) in [5, 5.41) is 8.06. The first-order chi connectivity index (χ1) is 13.7. The Morgan fingerprint density at radius 3 is 2.68 bits per heavy atom. The van der Waals surface area contributed by atoms with Gasteiger partial charge in [0.05, 0.1) is 34.1 Å². The molecule has 2 aromatic heterocycles. The largest absolute Gasteiger partial charge is 0.493 e. The molecule has 1 aromatic carbocycles.